The quantitative estimate of drug-likeness (QED) is 0.844. The summed E-state index contributed by atoms with van der Waals surface area (Å²) in [5.41, 5.74) is 0. The fourth-order valence-corrected chi connectivity index (χ4v) is 3.40. The number of likely N-dealkylation sites (tertiary alicyclic amines) is 1. The zero-order valence-corrected chi connectivity index (χ0v) is 13.2. The summed E-state index contributed by atoms with van der Waals surface area (Å²) < 4.78 is 0. The lowest BCUT2D eigenvalue weighted by Gasteiger charge is -2.34. The minimum atomic E-state index is 0.689. The summed E-state index contributed by atoms with van der Waals surface area (Å²) in [6.45, 7) is 12.4. The number of hydrogen-bond donors (Lipinski definition) is 1. The molecule has 0 amide bonds. The largest absolute Gasteiger partial charge is 0.314 e. The second-order valence-electron chi connectivity index (χ2n) is 7.04. The number of piperidine rings is 1. The van der Waals surface area contributed by atoms with E-state index in [1.54, 1.807) is 0 Å². The highest BCUT2D eigenvalue weighted by Crippen LogP contribution is 2.20. The van der Waals surface area contributed by atoms with E-state index in [1.165, 1.54) is 65.0 Å². The van der Waals surface area contributed by atoms with Gasteiger partial charge in [0.1, 0.15) is 0 Å². The van der Waals surface area contributed by atoms with Crippen LogP contribution in [-0.4, -0.2) is 62.2 Å². The Morgan fingerprint density at radius 2 is 1.79 bits per heavy atom. The standard InChI is InChI=1S/C16H33N3/c1-14-12-17-15(2)4-10-19(13-14)11-7-16-5-8-18(3)9-6-16/h14-17H,4-13H2,1-3H3. The molecular formula is C16H33N3. The van der Waals surface area contributed by atoms with Crippen LogP contribution in [0.4, 0.5) is 0 Å². The van der Waals surface area contributed by atoms with Gasteiger partial charge < -0.3 is 15.1 Å². The van der Waals surface area contributed by atoms with E-state index in [-0.39, 0.29) is 0 Å². The van der Waals surface area contributed by atoms with Crippen molar-refractivity contribution < 1.29 is 0 Å². The van der Waals surface area contributed by atoms with Crippen molar-refractivity contribution in [2.75, 3.05) is 46.3 Å². The minimum Gasteiger partial charge on any atom is -0.314 e. The molecule has 3 heteroatoms. The highest BCUT2D eigenvalue weighted by molar-refractivity contribution is 4.76. The van der Waals surface area contributed by atoms with E-state index in [4.69, 9.17) is 0 Å². The van der Waals surface area contributed by atoms with Crippen LogP contribution in [0.1, 0.15) is 39.5 Å². The highest BCUT2D eigenvalue weighted by atomic mass is 15.1. The first-order valence-electron chi connectivity index (χ1n) is 8.27. The third kappa shape index (κ3) is 5.41. The summed E-state index contributed by atoms with van der Waals surface area (Å²) in [7, 11) is 2.25. The average molecular weight is 267 g/mol. The molecule has 3 nitrogen and oxygen atoms in total. The molecule has 2 aliphatic heterocycles. The van der Waals surface area contributed by atoms with Crippen molar-refractivity contribution in [3.05, 3.63) is 0 Å². The lowest BCUT2D eigenvalue weighted by Crippen LogP contribution is -2.43. The van der Waals surface area contributed by atoms with Crippen molar-refractivity contribution >= 4 is 0 Å². The molecule has 0 radical (unpaired) electrons. The van der Waals surface area contributed by atoms with Crippen LogP contribution >= 0.6 is 0 Å². The maximum atomic E-state index is 3.63. The van der Waals surface area contributed by atoms with Gasteiger partial charge in [-0.1, -0.05) is 6.92 Å². The maximum Gasteiger partial charge on any atom is 0.00510 e. The highest BCUT2D eigenvalue weighted by Gasteiger charge is 2.20. The van der Waals surface area contributed by atoms with Crippen molar-refractivity contribution in [2.24, 2.45) is 11.8 Å². The third-order valence-electron chi connectivity index (χ3n) is 4.95. The topological polar surface area (TPSA) is 18.5 Å². The van der Waals surface area contributed by atoms with Crippen LogP contribution in [0.5, 0.6) is 0 Å². The second kappa shape index (κ2) is 7.61. The number of hydrogen-bond acceptors (Lipinski definition) is 3. The van der Waals surface area contributed by atoms with Crippen molar-refractivity contribution in [2.45, 2.75) is 45.6 Å². The molecule has 19 heavy (non-hydrogen) atoms. The second-order valence-corrected chi connectivity index (χ2v) is 7.04. The van der Waals surface area contributed by atoms with E-state index in [9.17, 15) is 0 Å². The maximum absolute atomic E-state index is 3.63. The Morgan fingerprint density at radius 3 is 2.53 bits per heavy atom. The van der Waals surface area contributed by atoms with E-state index < -0.39 is 0 Å². The molecule has 2 unspecified atom stereocenters. The molecule has 112 valence electrons. The van der Waals surface area contributed by atoms with Crippen molar-refractivity contribution in [1.82, 2.24) is 15.1 Å². The number of nitrogens with zero attached hydrogens (tertiary/aromatic N) is 2. The zero-order valence-electron chi connectivity index (χ0n) is 13.2. The third-order valence-corrected chi connectivity index (χ3v) is 4.95. The van der Waals surface area contributed by atoms with Gasteiger partial charge in [-0.2, -0.15) is 0 Å². The van der Waals surface area contributed by atoms with E-state index in [1.807, 2.05) is 0 Å². The molecule has 0 aromatic rings. The first kappa shape index (κ1) is 15.3. The average Bonchev–Trinajstić information content (AvgIpc) is 2.39. The molecule has 0 bridgehead atoms. The van der Waals surface area contributed by atoms with Crippen LogP contribution in [0.15, 0.2) is 0 Å². The predicted octanol–water partition coefficient (Wildman–Crippen LogP) is 2.04. The molecule has 2 rings (SSSR count). The lowest BCUT2D eigenvalue weighted by atomic mass is 9.93. The lowest BCUT2D eigenvalue weighted by molar-refractivity contribution is 0.163. The van der Waals surface area contributed by atoms with Crippen LogP contribution in [0.3, 0.4) is 0 Å². The molecule has 1 N–H and O–H groups in total. The molecule has 0 saturated carbocycles. The number of rotatable bonds is 3. The molecule has 2 heterocycles. The van der Waals surface area contributed by atoms with E-state index in [2.05, 4.69) is 36.0 Å². The van der Waals surface area contributed by atoms with Gasteiger partial charge in [-0.3, -0.25) is 0 Å². The Balaban J connectivity index is 1.71. The fraction of sp³-hybridized carbons (Fsp3) is 1.00. The molecule has 2 aliphatic rings. The monoisotopic (exact) mass is 267 g/mol. The van der Waals surface area contributed by atoms with Crippen molar-refractivity contribution in [3.63, 3.8) is 0 Å². The summed E-state index contributed by atoms with van der Waals surface area (Å²) >= 11 is 0. The van der Waals surface area contributed by atoms with Gasteiger partial charge in [0.25, 0.3) is 0 Å². The normalized spacial score (nSPS) is 33.0. The van der Waals surface area contributed by atoms with Gasteiger partial charge in [-0.25, -0.2) is 0 Å². The molecule has 0 spiro atoms. The van der Waals surface area contributed by atoms with Crippen LogP contribution in [0.2, 0.25) is 0 Å². The SMILES string of the molecule is CC1CNC(C)CCN(CCC2CCN(C)CC2)C1. The van der Waals surface area contributed by atoms with E-state index >= 15 is 0 Å². The minimum absolute atomic E-state index is 0.689. The van der Waals surface area contributed by atoms with E-state index in [0.717, 1.165) is 11.8 Å². The predicted molar refractivity (Wildman–Crippen MR) is 82.5 cm³/mol. The van der Waals surface area contributed by atoms with Gasteiger partial charge in [0.15, 0.2) is 0 Å². The van der Waals surface area contributed by atoms with Crippen LogP contribution in [0, 0.1) is 11.8 Å². The molecule has 2 fully saturated rings. The summed E-state index contributed by atoms with van der Waals surface area (Å²) in [5.74, 6) is 1.77. The zero-order chi connectivity index (χ0) is 13.7. The Hall–Kier alpha value is -0.120. The van der Waals surface area contributed by atoms with Gasteiger partial charge in [-0.15, -0.1) is 0 Å². The van der Waals surface area contributed by atoms with Gasteiger partial charge in [0, 0.05) is 12.6 Å². The Kier molecular flexibility index (Phi) is 6.11. The van der Waals surface area contributed by atoms with Gasteiger partial charge >= 0.3 is 0 Å². The molecule has 0 aromatic carbocycles. The van der Waals surface area contributed by atoms with Crippen LogP contribution in [-0.2, 0) is 0 Å². The smallest absolute Gasteiger partial charge is 0.00510 e. The fourth-order valence-electron chi connectivity index (χ4n) is 3.40. The summed E-state index contributed by atoms with van der Waals surface area (Å²) in [5, 5.41) is 3.63. The van der Waals surface area contributed by atoms with Gasteiger partial charge in [0.2, 0.25) is 0 Å². The summed E-state index contributed by atoms with van der Waals surface area (Å²) in [6.07, 6.45) is 5.55. The van der Waals surface area contributed by atoms with E-state index in [0.29, 0.717) is 6.04 Å². The summed E-state index contributed by atoms with van der Waals surface area (Å²) in [4.78, 5) is 5.20. The van der Waals surface area contributed by atoms with Crippen molar-refractivity contribution in [1.29, 1.82) is 0 Å². The number of nitrogens with one attached hydrogen (secondary N) is 1. The van der Waals surface area contributed by atoms with Crippen LogP contribution in [0.25, 0.3) is 0 Å². The van der Waals surface area contributed by atoms with Gasteiger partial charge in [-0.05, 0) is 84.2 Å². The van der Waals surface area contributed by atoms with Gasteiger partial charge in [0.05, 0.1) is 0 Å². The molecule has 2 atom stereocenters. The molecule has 0 aliphatic carbocycles. The Bertz CT molecular complexity index is 248. The first-order valence-corrected chi connectivity index (χ1v) is 8.27. The Labute approximate surface area is 119 Å². The first-order chi connectivity index (χ1) is 9.13. The summed E-state index contributed by atoms with van der Waals surface area (Å²) in [6, 6.07) is 0.689. The molecule has 2 saturated heterocycles. The Morgan fingerprint density at radius 1 is 1.05 bits per heavy atom. The molecular weight excluding hydrogens is 234 g/mol. The van der Waals surface area contributed by atoms with Crippen LogP contribution < -0.4 is 5.32 Å². The van der Waals surface area contributed by atoms with Crippen molar-refractivity contribution in [3.8, 4) is 0 Å². The molecule has 0 aromatic heterocycles.